The van der Waals surface area contributed by atoms with Gasteiger partial charge in [0.05, 0.1) is 17.3 Å². The fourth-order valence-corrected chi connectivity index (χ4v) is 3.23. The first-order valence-electron chi connectivity index (χ1n) is 8.92. The summed E-state index contributed by atoms with van der Waals surface area (Å²) in [6, 6.07) is 26.5. The fourth-order valence-electron chi connectivity index (χ4n) is 3.23. The Balaban J connectivity index is 2.00. The van der Waals surface area contributed by atoms with Gasteiger partial charge in [0, 0.05) is 29.2 Å². The minimum atomic E-state index is -0.114. The third-order valence-corrected chi connectivity index (χ3v) is 4.56. The van der Waals surface area contributed by atoms with Crippen LogP contribution in [-0.4, -0.2) is 9.55 Å². The number of nitrogens with zero attached hydrogens (tertiary/aromatic N) is 3. The van der Waals surface area contributed by atoms with E-state index in [1.807, 2.05) is 67.6 Å². The molecule has 0 radical (unpaired) electrons. The molecule has 0 N–H and O–H groups in total. The Kier molecular flexibility index (Phi) is 4.57. The van der Waals surface area contributed by atoms with E-state index >= 15 is 0 Å². The van der Waals surface area contributed by atoms with Crippen molar-refractivity contribution in [3.05, 3.63) is 107 Å². The maximum absolute atomic E-state index is 12.4. The van der Waals surface area contributed by atoms with Crippen LogP contribution in [0.1, 0.15) is 11.3 Å². The molecule has 0 spiro atoms. The molecule has 0 amide bonds. The molecule has 2 heterocycles. The highest BCUT2D eigenvalue weighted by Gasteiger charge is 2.11. The number of aromatic nitrogens is 2. The molecule has 0 fully saturated rings. The molecule has 2 aromatic heterocycles. The van der Waals surface area contributed by atoms with E-state index in [-0.39, 0.29) is 5.56 Å². The van der Waals surface area contributed by atoms with Crippen LogP contribution >= 0.6 is 0 Å². The summed E-state index contributed by atoms with van der Waals surface area (Å²) in [7, 11) is 0. The van der Waals surface area contributed by atoms with Gasteiger partial charge in [-0.2, -0.15) is 5.26 Å². The maximum atomic E-state index is 12.4. The molecule has 0 aliphatic carbocycles. The van der Waals surface area contributed by atoms with Crippen molar-refractivity contribution in [3.8, 4) is 34.1 Å². The van der Waals surface area contributed by atoms with Gasteiger partial charge in [0.15, 0.2) is 0 Å². The largest absolute Gasteiger partial charge is 0.284 e. The first-order chi connectivity index (χ1) is 13.7. The maximum Gasteiger partial charge on any atom is 0.255 e. The highest BCUT2D eigenvalue weighted by atomic mass is 16.1. The van der Waals surface area contributed by atoms with Crippen LogP contribution in [0.25, 0.3) is 28.1 Å². The van der Waals surface area contributed by atoms with Crippen LogP contribution in [0, 0.1) is 18.3 Å². The molecule has 0 bridgehead atoms. The Labute approximate surface area is 163 Å². The van der Waals surface area contributed by atoms with E-state index in [0.717, 1.165) is 33.8 Å². The van der Waals surface area contributed by atoms with Gasteiger partial charge >= 0.3 is 0 Å². The van der Waals surface area contributed by atoms with Gasteiger partial charge in [0.2, 0.25) is 0 Å². The van der Waals surface area contributed by atoms with Gasteiger partial charge in [-0.25, -0.2) is 0 Å². The lowest BCUT2D eigenvalue weighted by atomic mass is 9.96. The predicted octanol–water partition coefficient (Wildman–Crippen LogP) is 4.75. The summed E-state index contributed by atoms with van der Waals surface area (Å²) in [6.45, 7) is 1.95. The van der Waals surface area contributed by atoms with E-state index in [1.54, 1.807) is 22.9 Å². The van der Waals surface area contributed by atoms with Gasteiger partial charge < -0.3 is 0 Å². The van der Waals surface area contributed by atoms with Crippen molar-refractivity contribution in [1.82, 2.24) is 9.55 Å². The first kappa shape index (κ1) is 17.4. The Morgan fingerprint density at radius 1 is 0.893 bits per heavy atom. The first-order valence-corrected chi connectivity index (χ1v) is 8.92. The Morgan fingerprint density at radius 3 is 2.46 bits per heavy atom. The van der Waals surface area contributed by atoms with Gasteiger partial charge in [-0.1, -0.05) is 30.3 Å². The normalized spacial score (nSPS) is 10.4. The van der Waals surface area contributed by atoms with Crippen LogP contribution < -0.4 is 5.56 Å². The smallest absolute Gasteiger partial charge is 0.255 e. The fraction of sp³-hybridized carbons (Fsp3) is 0.0417. The molecule has 4 nitrogen and oxygen atoms in total. The number of hydrogen-bond acceptors (Lipinski definition) is 3. The second-order valence-corrected chi connectivity index (χ2v) is 6.50. The monoisotopic (exact) mass is 363 g/mol. The molecule has 2 aromatic carbocycles. The second-order valence-electron chi connectivity index (χ2n) is 6.50. The molecule has 4 rings (SSSR count). The second kappa shape index (κ2) is 7.34. The zero-order valence-electron chi connectivity index (χ0n) is 15.3. The van der Waals surface area contributed by atoms with Crippen LogP contribution in [0.2, 0.25) is 0 Å². The average molecular weight is 363 g/mol. The highest BCUT2D eigenvalue weighted by molar-refractivity contribution is 5.78. The molecule has 4 aromatic rings. The van der Waals surface area contributed by atoms with Crippen LogP contribution in [0.5, 0.6) is 0 Å². The Bertz CT molecular complexity index is 1270. The molecule has 134 valence electrons. The topological polar surface area (TPSA) is 58.7 Å². The van der Waals surface area contributed by atoms with E-state index in [1.165, 1.54) is 6.07 Å². The predicted molar refractivity (Wildman–Crippen MR) is 110 cm³/mol. The number of pyridine rings is 2. The molecule has 28 heavy (non-hydrogen) atoms. The van der Waals surface area contributed by atoms with Gasteiger partial charge in [-0.05, 0) is 60.5 Å². The summed E-state index contributed by atoms with van der Waals surface area (Å²) in [5.74, 6) is 0. The number of nitriles is 1. The van der Waals surface area contributed by atoms with Crippen molar-refractivity contribution in [2.45, 2.75) is 6.92 Å². The zero-order valence-corrected chi connectivity index (χ0v) is 15.3. The Morgan fingerprint density at radius 2 is 1.68 bits per heavy atom. The number of benzene rings is 2. The van der Waals surface area contributed by atoms with Crippen molar-refractivity contribution in [2.24, 2.45) is 0 Å². The summed E-state index contributed by atoms with van der Waals surface area (Å²) in [5.41, 5.74) is 5.52. The molecular weight excluding hydrogens is 346 g/mol. The molecular formula is C24H17N3O. The molecule has 0 saturated heterocycles. The quantitative estimate of drug-likeness (QED) is 0.528. The van der Waals surface area contributed by atoms with Crippen molar-refractivity contribution >= 4 is 0 Å². The summed E-state index contributed by atoms with van der Waals surface area (Å²) >= 11 is 0. The lowest BCUT2D eigenvalue weighted by Gasteiger charge is -2.13. The molecule has 0 unspecified atom stereocenters. The lowest BCUT2D eigenvalue weighted by Crippen LogP contribution is -2.15. The van der Waals surface area contributed by atoms with E-state index in [0.29, 0.717) is 5.56 Å². The van der Waals surface area contributed by atoms with Crippen molar-refractivity contribution in [3.63, 3.8) is 0 Å². The van der Waals surface area contributed by atoms with Crippen LogP contribution in [0.4, 0.5) is 0 Å². The molecule has 0 saturated carbocycles. The zero-order chi connectivity index (χ0) is 19.5. The van der Waals surface area contributed by atoms with Gasteiger partial charge in [0.25, 0.3) is 5.56 Å². The molecule has 0 aliphatic heterocycles. The summed E-state index contributed by atoms with van der Waals surface area (Å²) in [6.07, 6.45) is 1.74. The summed E-state index contributed by atoms with van der Waals surface area (Å²) < 4.78 is 1.60. The van der Waals surface area contributed by atoms with E-state index in [4.69, 9.17) is 0 Å². The Hall–Kier alpha value is -3.97. The van der Waals surface area contributed by atoms with Crippen molar-refractivity contribution in [1.29, 1.82) is 5.26 Å². The molecule has 4 heteroatoms. The number of aryl methyl sites for hydroxylation is 1. The van der Waals surface area contributed by atoms with E-state index < -0.39 is 0 Å². The van der Waals surface area contributed by atoms with Crippen LogP contribution in [0.15, 0.2) is 89.9 Å². The lowest BCUT2D eigenvalue weighted by molar-refractivity contribution is 0.991. The van der Waals surface area contributed by atoms with Gasteiger partial charge in [0.1, 0.15) is 0 Å². The van der Waals surface area contributed by atoms with Crippen LogP contribution in [-0.2, 0) is 0 Å². The third kappa shape index (κ3) is 3.34. The average Bonchev–Trinajstić information content (AvgIpc) is 2.73. The SMILES string of the molecule is Cc1cccc(-c2cc(-c3ccccc3C#N)cc(-n3ccccc3=O)c2)n1. The van der Waals surface area contributed by atoms with E-state index in [9.17, 15) is 10.1 Å². The molecule has 0 atom stereocenters. The van der Waals surface area contributed by atoms with Gasteiger partial charge in [-0.15, -0.1) is 0 Å². The molecule has 0 aliphatic rings. The van der Waals surface area contributed by atoms with Crippen LogP contribution in [0.3, 0.4) is 0 Å². The summed E-state index contributed by atoms with van der Waals surface area (Å²) in [5, 5.41) is 9.52. The number of hydrogen-bond donors (Lipinski definition) is 0. The van der Waals surface area contributed by atoms with Crippen molar-refractivity contribution in [2.75, 3.05) is 0 Å². The van der Waals surface area contributed by atoms with Crippen molar-refractivity contribution < 1.29 is 0 Å². The minimum absolute atomic E-state index is 0.114. The summed E-state index contributed by atoms with van der Waals surface area (Å²) in [4.78, 5) is 17.0. The number of rotatable bonds is 3. The standard InChI is InChI=1S/C24H17N3O/c1-17-7-6-10-23(26-17)20-13-19(22-9-3-2-8-18(22)16-25)14-21(15-20)27-12-5-4-11-24(27)28/h2-15H,1H3. The third-order valence-electron chi connectivity index (χ3n) is 4.56. The van der Waals surface area contributed by atoms with E-state index in [2.05, 4.69) is 11.1 Å². The minimum Gasteiger partial charge on any atom is -0.284 e. The van der Waals surface area contributed by atoms with Gasteiger partial charge in [-0.3, -0.25) is 14.3 Å². The highest BCUT2D eigenvalue weighted by Crippen LogP contribution is 2.30.